The number of esters is 1. The van der Waals surface area contributed by atoms with Gasteiger partial charge >= 0.3 is 5.97 Å². The topological polar surface area (TPSA) is 44.1 Å². The van der Waals surface area contributed by atoms with Crippen LogP contribution in [0.25, 0.3) is 10.9 Å². The van der Waals surface area contributed by atoms with Crippen molar-refractivity contribution >= 4 is 28.5 Å². The highest BCUT2D eigenvalue weighted by atomic mass is 35.5. The van der Waals surface area contributed by atoms with Crippen molar-refractivity contribution in [1.29, 1.82) is 0 Å². The van der Waals surface area contributed by atoms with Crippen molar-refractivity contribution in [2.45, 2.75) is 6.92 Å². The van der Waals surface area contributed by atoms with Crippen molar-refractivity contribution < 1.29 is 9.53 Å². The molecule has 0 amide bonds. The Bertz CT molecular complexity index is 533. The molecule has 1 heterocycles. The molecule has 5 heteroatoms. The molecule has 1 aromatic carbocycles. The van der Waals surface area contributed by atoms with Gasteiger partial charge in [0.2, 0.25) is 0 Å². The molecule has 78 valence electrons. The Morgan fingerprint density at radius 3 is 2.93 bits per heavy atom. The fourth-order valence-corrected chi connectivity index (χ4v) is 1.63. The Morgan fingerprint density at radius 1 is 1.53 bits per heavy atom. The van der Waals surface area contributed by atoms with Gasteiger partial charge in [0.1, 0.15) is 0 Å². The minimum absolute atomic E-state index is 0.370. The molecule has 15 heavy (non-hydrogen) atoms. The minimum Gasteiger partial charge on any atom is -0.424 e. The smallest absolute Gasteiger partial charge is 0.308 e. The summed E-state index contributed by atoms with van der Waals surface area (Å²) in [5, 5.41) is 5.22. The Kier molecular flexibility index (Phi) is 2.36. The van der Waals surface area contributed by atoms with Crippen LogP contribution in [0, 0.1) is 0 Å². The number of hydrogen-bond donors (Lipinski definition) is 0. The SMILES string of the molecule is CC(=O)Oc1c(Cl)ccc2c1cnn2C. The lowest BCUT2D eigenvalue weighted by Crippen LogP contribution is -2.02. The van der Waals surface area contributed by atoms with E-state index in [4.69, 9.17) is 16.3 Å². The zero-order valence-electron chi connectivity index (χ0n) is 8.32. The number of carbonyl (C=O) groups is 1. The summed E-state index contributed by atoms with van der Waals surface area (Å²) >= 11 is 5.94. The zero-order chi connectivity index (χ0) is 11.0. The van der Waals surface area contributed by atoms with Gasteiger partial charge in [0, 0.05) is 14.0 Å². The monoisotopic (exact) mass is 224 g/mol. The number of aromatic nitrogens is 2. The molecule has 0 aliphatic rings. The van der Waals surface area contributed by atoms with Gasteiger partial charge in [0.25, 0.3) is 0 Å². The average Bonchev–Trinajstić information content (AvgIpc) is 2.52. The van der Waals surface area contributed by atoms with E-state index < -0.39 is 5.97 Å². The van der Waals surface area contributed by atoms with E-state index >= 15 is 0 Å². The molecular formula is C10H9ClN2O2. The Balaban J connectivity index is 2.68. The second-order valence-corrected chi connectivity index (χ2v) is 3.58. The van der Waals surface area contributed by atoms with Crippen LogP contribution in [0.4, 0.5) is 0 Å². The van der Waals surface area contributed by atoms with Crippen LogP contribution in [0.5, 0.6) is 5.75 Å². The number of carbonyl (C=O) groups excluding carboxylic acids is 1. The van der Waals surface area contributed by atoms with Crippen LogP contribution in [0.1, 0.15) is 6.92 Å². The van der Waals surface area contributed by atoms with E-state index in [0.29, 0.717) is 10.8 Å². The van der Waals surface area contributed by atoms with Gasteiger partial charge in [-0.2, -0.15) is 5.10 Å². The van der Waals surface area contributed by atoms with E-state index in [0.717, 1.165) is 10.9 Å². The first-order valence-corrected chi connectivity index (χ1v) is 4.76. The van der Waals surface area contributed by atoms with Crippen molar-refractivity contribution in [1.82, 2.24) is 9.78 Å². The van der Waals surface area contributed by atoms with Gasteiger partial charge in [-0.15, -0.1) is 0 Å². The third-order valence-electron chi connectivity index (χ3n) is 2.08. The van der Waals surface area contributed by atoms with E-state index in [9.17, 15) is 4.79 Å². The number of rotatable bonds is 1. The highest BCUT2D eigenvalue weighted by Crippen LogP contribution is 2.33. The van der Waals surface area contributed by atoms with Gasteiger partial charge in [-0.1, -0.05) is 11.6 Å². The number of halogens is 1. The van der Waals surface area contributed by atoms with Gasteiger partial charge in [-0.05, 0) is 12.1 Å². The fraction of sp³-hybridized carbons (Fsp3) is 0.200. The lowest BCUT2D eigenvalue weighted by atomic mass is 10.2. The molecule has 0 aliphatic heterocycles. The van der Waals surface area contributed by atoms with E-state index in [2.05, 4.69) is 5.10 Å². The van der Waals surface area contributed by atoms with Crippen LogP contribution in [-0.4, -0.2) is 15.7 Å². The van der Waals surface area contributed by atoms with Gasteiger partial charge in [-0.25, -0.2) is 0 Å². The summed E-state index contributed by atoms with van der Waals surface area (Å²) in [5.74, 6) is -0.0250. The van der Waals surface area contributed by atoms with Crippen molar-refractivity contribution in [3.63, 3.8) is 0 Å². The molecule has 4 nitrogen and oxygen atoms in total. The molecule has 0 fully saturated rings. The van der Waals surface area contributed by atoms with Crippen LogP contribution in [0.3, 0.4) is 0 Å². The summed E-state index contributed by atoms with van der Waals surface area (Å²) in [7, 11) is 1.81. The molecule has 0 atom stereocenters. The van der Waals surface area contributed by atoms with Crippen molar-refractivity contribution in [3.05, 3.63) is 23.4 Å². The maximum atomic E-state index is 10.9. The van der Waals surface area contributed by atoms with Crippen molar-refractivity contribution in [2.75, 3.05) is 0 Å². The molecular weight excluding hydrogens is 216 g/mol. The van der Waals surface area contributed by atoms with E-state index in [-0.39, 0.29) is 0 Å². The molecule has 0 radical (unpaired) electrons. The third-order valence-corrected chi connectivity index (χ3v) is 2.38. The number of benzene rings is 1. The van der Waals surface area contributed by atoms with Gasteiger partial charge in [-0.3, -0.25) is 9.48 Å². The van der Waals surface area contributed by atoms with Crippen molar-refractivity contribution in [2.24, 2.45) is 7.05 Å². The molecule has 0 spiro atoms. The standard InChI is InChI=1S/C10H9ClN2O2/c1-6(14)15-10-7-5-12-13(2)9(7)4-3-8(10)11/h3-5H,1-2H3. The van der Waals surface area contributed by atoms with Crippen LogP contribution in [-0.2, 0) is 11.8 Å². The van der Waals surface area contributed by atoms with E-state index in [1.165, 1.54) is 6.92 Å². The van der Waals surface area contributed by atoms with Gasteiger partial charge in [0.05, 0.1) is 22.1 Å². The predicted molar refractivity (Wildman–Crippen MR) is 57.0 cm³/mol. The quantitative estimate of drug-likeness (QED) is 0.551. The van der Waals surface area contributed by atoms with Crippen LogP contribution >= 0.6 is 11.6 Å². The Labute approximate surface area is 91.4 Å². The molecule has 0 N–H and O–H groups in total. The lowest BCUT2D eigenvalue weighted by molar-refractivity contribution is -0.131. The largest absolute Gasteiger partial charge is 0.424 e. The second kappa shape index (κ2) is 3.55. The van der Waals surface area contributed by atoms with Crippen LogP contribution in [0.2, 0.25) is 5.02 Å². The summed E-state index contributed by atoms with van der Waals surface area (Å²) < 4.78 is 6.74. The molecule has 0 bridgehead atoms. The van der Waals surface area contributed by atoms with Crippen LogP contribution in [0.15, 0.2) is 18.3 Å². The number of aryl methyl sites for hydroxylation is 1. The van der Waals surface area contributed by atoms with E-state index in [1.54, 1.807) is 16.9 Å². The third kappa shape index (κ3) is 1.68. The maximum Gasteiger partial charge on any atom is 0.308 e. The number of hydrogen-bond acceptors (Lipinski definition) is 3. The summed E-state index contributed by atoms with van der Waals surface area (Å²) in [6, 6.07) is 3.52. The summed E-state index contributed by atoms with van der Waals surface area (Å²) in [6.07, 6.45) is 1.62. The maximum absolute atomic E-state index is 10.9. The molecule has 0 aliphatic carbocycles. The number of fused-ring (bicyclic) bond motifs is 1. The molecule has 0 unspecified atom stereocenters. The van der Waals surface area contributed by atoms with Gasteiger partial charge in [0.15, 0.2) is 5.75 Å². The average molecular weight is 225 g/mol. The summed E-state index contributed by atoms with van der Waals surface area (Å²) in [6.45, 7) is 1.34. The first-order chi connectivity index (χ1) is 7.09. The van der Waals surface area contributed by atoms with Gasteiger partial charge < -0.3 is 4.74 Å². The fourth-order valence-electron chi connectivity index (χ4n) is 1.42. The second-order valence-electron chi connectivity index (χ2n) is 3.17. The Morgan fingerprint density at radius 2 is 2.27 bits per heavy atom. The molecule has 0 saturated carbocycles. The highest BCUT2D eigenvalue weighted by molar-refractivity contribution is 6.33. The molecule has 1 aromatic heterocycles. The number of nitrogens with zero attached hydrogens (tertiary/aromatic N) is 2. The van der Waals surface area contributed by atoms with Crippen molar-refractivity contribution in [3.8, 4) is 5.75 Å². The first kappa shape index (κ1) is 9.98. The number of ether oxygens (including phenoxy) is 1. The Hall–Kier alpha value is -1.55. The molecule has 2 rings (SSSR count). The highest BCUT2D eigenvalue weighted by Gasteiger charge is 2.12. The van der Waals surface area contributed by atoms with Crippen LogP contribution < -0.4 is 4.74 Å². The molecule has 0 saturated heterocycles. The lowest BCUT2D eigenvalue weighted by Gasteiger charge is -2.05. The normalized spacial score (nSPS) is 10.6. The summed E-state index contributed by atoms with van der Waals surface area (Å²) in [4.78, 5) is 10.9. The first-order valence-electron chi connectivity index (χ1n) is 4.38. The zero-order valence-corrected chi connectivity index (χ0v) is 9.08. The minimum atomic E-state index is -0.395. The summed E-state index contributed by atoms with van der Waals surface area (Å²) in [5.41, 5.74) is 0.871. The molecule has 2 aromatic rings. The predicted octanol–water partition coefficient (Wildman–Crippen LogP) is 2.15. The van der Waals surface area contributed by atoms with E-state index in [1.807, 2.05) is 13.1 Å².